The van der Waals surface area contributed by atoms with E-state index in [1.807, 2.05) is 45.9 Å². The molecule has 0 aliphatic rings. The number of ether oxygens (including phenoxy) is 1. The predicted octanol–water partition coefficient (Wildman–Crippen LogP) is 3.50. The highest BCUT2D eigenvalue weighted by atomic mass is 16.5. The Labute approximate surface area is 168 Å². The molecular weight excluding hydrogens is 370 g/mol. The summed E-state index contributed by atoms with van der Waals surface area (Å²) in [4.78, 5) is 36.2. The topological polar surface area (TPSA) is 85.6 Å². The fourth-order valence-corrected chi connectivity index (χ4v) is 3.21. The maximum atomic E-state index is 12.2. The van der Waals surface area contributed by atoms with E-state index in [9.17, 15) is 14.4 Å². The minimum atomic E-state index is -0.590. The summed E-state index contributed by atoms with van der Waals surface area (Å²) in [6, 6.07) is 10.6. The molecule has 0 bridgehead atoms. The van der Waals surface area contributed by atoms with E-state index >= 15 is 0 Å². The third-order valence-corrected chi connectivity index (χ3v) is 4.78. The highest BCUT2D eigenvalue weighted by molar-refractivity contribution is 5.96. The van der Waals surface area contributed by atoms with Crippen LogP contribution in [0.4, 0.5) is 0 Å². The van der Waals surface area contributed by atoms with Gasteiger partial charge >= 0.3 is 11.6 Å². The van der Waals surface area contributed by atoms with Crippen LogP contribution in [0, 0.1) is 27.7 Å². The molecule has 0 saturated heterocycles. The van der Waals surface area contributed by atoms with Crippen LogP contribution in [0.3, 0.4) is 0 Å². The first-order valence-electron chi connectivity index (χ1n) is 9.29. The van der Waals surface area contributed by atoms with E-state index in [4.69, 9.17) is 9.15 Å². The molecule has 0 aliphatic carbocycles. The first-order valence-corrected chi connectivity index (χ1v) is 9.29. The second-order valence-electron chi connectivity index (χ2n) is 7.19. The molecule has 0 spiro atoms. The summed E-state index contributed by atoms with van der Waals surface area (Å²) < 4.78 is 10.6. The monoisotopic (exact) mass is 393 g/mol. The lowest BCUT2D eigenvalue weighted by Crippen LogP contribution is -2.30. The maximum absolute atomic E-state index is 12.2. The Kier molecular flexibility index (Phi) is 5.82. The molecule has 2 aromatic carbocycles. The molecule has 3 rings (SSSR count). The summed E-state index contributed by atoms with van der Waals surface area (Å²) in [5.74, 6) is -0.932. The fourth-order valence-electron chi connectivity index (χ4n) is 3.21. The van der Waals surface area contributed by atoms with E-state index in [2.05, 4.69) is 5.32 Å². The van der Waals surface area contributed by atoms with E-state index in [0.717, 1.165) is 27.6 Å². The third kappa shape index (κ3) is 4.71. The molecule has 1 heterocycles. The van der Waals surface area contributed by atoms with E-state index in [1.54, 1.807) is 12.1 Å². The van der Waals surface area contributed by atoms with Crippen LogP contribution < -0.4 is 10.9 Å². The second kappa shape index (κ2) is 8.31. The molecule has 0 aliphatic heterocycles. The van der Waals surface area contributed by atoms with Crippen molar-refractivity contribution in [1.82, 2.24) is 5.32 Å². The highest BCUT2D eigenvalue weighted by Crippen LogP contribution is 2.23. The van der Waals surface area contributed by atoms with Gasteiger partial charge in [0.25, 0.3) is 5.91 Å². The highest BCUT2D eigenvalue weighted by Gasteiger charge is 2.13. The Bertz CT molecular complexity index is 1140. The molecule has 29 heavy (non-hydrogen) atoms. The first-order chi connectivity index (χ1) is 13.7. The molecule has 0 saturated carbocycles. The number of rotatable bonds is 5. The van der Waals surface area contributed by atoms with Crippen molar-refractivity contribution >= 4 is 22.8 Å². The largest absolute Gasteiger partial charge is 0.459 e. The van der Waals surface area contributed by atoms with E-state index in [-0.39, 0.29) is 19.1 Å². The molecule has 150 valence electrons. The number of fused-ring (bicyclic) bond motifs is 1. The molecule has 0 atom stereocenters. The van der Waals surface area contributed by atoms with Crippen LogP contribution in [-0.4, -0.2) is 18.4 Å². The fraction of sp³-hybridized carbons (Fsp3) is 0.261. The minimum absolute atomic E-state index is 0.0805. The zero-order valence-corrected chi connectivity index (χ0v) is 16.9. The molecule has 1 aromatic heterocycles. The van der Waals surface area contributed by atoms with Crippen molar-refractivity contribution in [3.05, 3.63) is 80.2 Å². The molecule has 1 amide bonds. The van der Waals surface area contributed by atoms with Gasteiger partial charge in [0, 0.05) is 22.6 Å². The summed E-state index contributed by atoms with van der Waals surface area (Å²) in [5, 5.41) is 3.28. The lowest BCUT2D eigenvalue weighted by Gasteiger charge is -2.10. The van der Waals surface area contributed by atoms with Crippen molar-refractivity contribution < 1.29 is 18.7 Å². The van der Waals surface area contributed by atoms with Gasteiger partial charge < -0.3 is 14.5 Å². The number of carbonyl (C=O) groups excluding carboxylic acids is 2. The predicted molar refractivity (Wildman–Crippen MR) is 110 cm³/mol. The van der Waals surface area contributed by atoms with Crippen molar-refractivity contribution in [3.8, 4) is 0 Å². The molecule has 0 unspecified atom stereocenters. The first kappa shape index (κ1) is 20.3. The van der Waals surface area contributed by atoms with E-state index in [0.29, 0.717) is 16.7 Å². The Hall–Kier alpha value is -3.41. The van der Waals surface area contributed by atoms with Gasteiger partial charge in [-0.2, -0.15) is 0 Å². The number of hydrogen-bond acceptors (Lipinski definition) is 5. The van der Waals surface area contributed by atoms with Crippen LogP contribution in [0.15, 0.2) is 45.6 Å². The number of hydrogen-bond donors (Lipinski definition) is 1. The summed E-state index contributed by atoms with van der Waals surface area (Å²) >= 11 is 0. The Morgan fingerprint density at radius 3 is 2.38 bits per heavy atom. The van der Waals surface area contributed by atoms with Gasteiger partial charge in [-0.3, -0.25) is 9.59 Å². The van der Waals surface area contributed by atoms with Crippen LogP contribution in [0.2, 0.25) is 0 Å². The van der Waals surface area contributed by atoms with Crippen molar-refractivity contribution in [1.29, 1.82) is 0 Å². The number of benzene rings is 2. The van der Waals surface area contributed by atoms with E-state index in [1.165, 1.54) is 6.07 Å². The third-order valence-electron chi connectivity index (χ3n) is 4.78. The zero-order valence-electron chi connectivity index (χ0n) is 16.9. The normalized spacial score (nSPS) is 10.8. The smallest absolute Gasteiger partial charge is 0.336 e. The van der Waals surface area contributed by atoms with Crippen molar-refractivity contribution in [2.45, 2.75) is 34.3 Å². The minimum Gasteiger partial charge on any atom is -0.459 e. The van der Waals surface area contributed by atoms with Gasteiger partial charge in [-0.15, -0.1) is 0 Å². The number of nitrogens with one attached hydrogen (secondary N) is 1. The van der Waals surface area contributed by atoms with Gasteiger partial charge in [0.05, 0.1) is 0 Å². The van der Waals surface area contributed by atoms with Crippen LogP contribution in [-0.2, 0) is 16.1 Å². The van der Waals surface area contributed by atoms with Crippen LogP contribution in [0.25, 0.3) is 11.0 Å². The molecule has 0 radical (unpaired) electrons. The quantitative estimate of drug-likeness (QED) is 0.530. The summed E-state index contributed by atoms with van der Waals surface area (Å²) in [6.07, 6.45) is 0. The molecule has 1 N–H and O–H groups in total. The van der Waals surface area contributed by atoms with Gasteiger partial charge in [-0.1, -0.05) is 29.3 Å². The number of aryl methyl sites for hydroxylation is 4. The summed E-state index contributed by atoms with van der Waals surface area (Å²) in [7, 11) is 0. The Morgan fingerprint density at radius 2 is 1.69 bits per heavy atom. The Morgan fingerprint density at radius 1 is 1.00 bits per heavy atom. The van der Waals surface area contributed by atoms with Crippen LogP contribution >= 0.6 is 0 Å². The maximum Gasteiger partial charge on any atom is 0.336 e. The van der Waals surface area contributed by atoms with Gasteiger partial charge in [-0.05, 0) is 51.0 Å². The van der Waals surface area contributed by atoms with Crippen LogP contribution in [0.1, 0.15) is 38.2 Å². The SMILES string of the molecule is Cc1cc(C)cc(C(=O)NCC(=O)OCc2cc(=O)oc3c(C)c(C)ccc23)c1. The average molecular weight is 393 g/mol. The molecule has 3 aromatic rings. The van der Waals surface area contributed by atoms with Gasteiger partial charge in [0.1, 0.15) is 18.7 Å². The lowest BCUT2D eigenvalue weighted by atomic mass is 10.0. The average Bonchev–Trinajstić information content (AvgIpc) is 2.66. The molecule has 6 nitrogen and oxygen atoms in total. The standard InChI is InChI=1S/C23H23NO5/c1-13-7-14(2)9-17(8-13)23(27)24-11-21(26)28-12-18-10-20(25)29-22-16(4)15(3)5-6-19(18)22/h5-10H,11-12H2,1-4H3,(H,24,27). The van der Waals surface area contributed by atoms with Gasteiger partial charge in [0.15, 0.2) is 0 Å². The Balaban J connectivity index is 1.66. The molecule has 0 fully saturated rings. The van der Waals surface area contributed by atoms with Crippen molar-refractivity contribution in [2.75, 3.05) is 6.54 Å². The molecular formula is C23H23NO5. The van der Waals surface area contributed by atoms with Crippen LogP contribution in [0.5, 0.6) is 0 Å². The second-order valence-corrected chi connectivity index (χ2v) is 7.19. The number of amides is 1. The van der Waals surface area contributed by atoms with E-state index < -0.39 is 11.6 Å². The summed E-state index contributed by atoms with van der Waals surface area (Å²) in [6.45, 7) is 7.27. The lowest BCUT2D eigenvalue weighted by molar-refractivity contribution is -0.143. The van der Waals surface area contributed by atoms with Crippen molar-refractivity contribution in [3.63, 3.8) is 0 Å². The summed E-state index contributed by atoms with van der Waals surface area (Å²) in [5.41, 5.74) is 4.86. The number of carbonyl (C=O) groups is 2. The van der Waals surface area contributed by atoms with Crippen molar-refractivity contribution in [2.24, 2.45) is 0 Å². The number of esters is 1. The van der Waals surface area contributed by atoms with Gasteiger partial charge in [0.2, 0.25) is 0 Å². The zero-order chi connectivity index (χ0) is 21.1. The molecule has 6 heteroatoms. The van der Waals surface area contributed by atoms with Gasteiger partial charge in [-0.25, -0.2) is 4.79 Å².